The molecule has 6 nitrogen and oxygen atoms in total. The molecule has 0 spiro atoms. The van der Waals surface area contributed by atoms with E-state index in [4.69, 9.17) is 5.41 Å². The van der Waals surface area contributed by atoms with Gasteiger partial charge in [-0.3, -0.25) is 10.2 Å². The van der Waals surface area contributed by atoms with Crippen molar-refractivity contribution < 1.29 is 36.6 Å². The number of fused-ring (bicyclic) bond motifs is 1. The van der Waals surface area contributed by atoms with Crippen LogP contribution in [-0.2, 0) is 16.0 Å². The molecule has 3 aromatic carbocycles. The number of para-hydroxylation sites is 1. The topological polar surface area (TPSA) is 93.5 Å². The summed E-state index contributed by atoms with van der Waals surface area (Å²) in [5.41, 5.74) is -1.17. The fourth-order valence-corrected chi connectivity index (χ4v) is 4.02. The van der Waals surface area contributed by atoms with E-state index in [2.05, 4.69) is 5.32 Å². The van der Waals surface area contributed by atoms with E-state index in [0.29, 0.717) is 29.7 Å². The van der Waals surface area contributed by atoms with Crippen molar-refractivity contribution in [1.29, 1.82) is 5.41 Å². The maximum absolute atomic E-state index is 14.5. The van der Waals surface area contributed by atoms with Crippen LogP contribution in [-0.4, -0.2) is 29.2 Å². The van der Waals surface area contributed by atoms with Crippen molar-refractivity contribution >= 4 is 40.7 Å². The Bertz CT molecular complexity index is 1430. The summed E-state index contributed by atoms with van der Waals surface area (Å²) in [6.45, 7) is -0.0189. The number of rotatable bonds is 6. The maximum atomic E-state index is 14.5. The Balaban J connectivity index is 1.74. The average molecular weight is 515 g/mol. The lowest BCUT2D eigenvalue weighted by atomic mass is 9.96. The summed E-state index contributed by atoms with van der Waals surface area (Å²) in [5, 5.41) is 19.7. The van der Waals surface area contributed by atoms with E-state index in [1.165, 1.54) is 24.3 Å². The fourth-order valence-electron chi connectivity index (χ4n) is 4.02. The van der Waals surface area contributed by atoms with Gasteiger partial charge in [0.1, 0.15) is 5.69 Å². The highest BCUT2D eigenvalue weighted by Gasteiger charge is 2.32. The Labute approximate surface area is 207 Å². The molecule has 3 aromatic rings. The Morgan fingerprint density at radius 3 is 2.16 bits per heavy atom. The van der Waals surface area contributed by atoms with E-state index >= 15 is 0 Å². The number of aryl methyl sites for hydroxylation is 1. The van der Waals surface area contributed by atoms with Gasteiger partial charge in [0.15, 0.2) is 29.0 Å². The van der Waals surface area contributed by atoms with Gasteiger partial charge in [-0.15, -0.1) is 0 Å². The van der Waals surface area contributed by atoms with E-state index in [-0.39, 0.29) is 12.2 Å². The van der Waals surface area contributed by atoms with Gasteiger partial charge >= 0.3 is 5.97 Å². The van der Waals surface area contributed by atoms with E-state index in [9.17, 15) is 36.6 Å². The van der Waals surface area contributed by atoms with Crippen molar-refractivity contribution in [3.8, 4) is 0 Å². The van der Waals surface area contributed by atoms with Crippen molar-refractivity contribution in [2.45, 2.75) is 12.8 Å². The largest absolute Gasteiger partial charge is 0.477 e. The molecule has 11 heteroatoms. The van der Waals surface area contributed by atoms with Crippen molar-refractivity contribution in [3.63, 3.8) is 0 Å². The first kappa shape index (κ1) is 25.5. The van der Waals surface area contributed by atoms with E-state index in [1.54, 1.807) is 30.3 Å². The first-order valence-corrected chi connectivity index (χ1v) is 10.9. The number of carboxylic acids is 1. The lowest BCUT2D eigenvalue weighted by molar-refractivity contribution is -0.129. The van der Waals surface area contributed by atoms with Crippen molar-refractivity contribution in [3.05, 3.63) is 94.3 Å². The molecule has 37 heavy (non-hydrogen) atoms. The number of hydrogen-bond acceptors (Lipinski definition) is 4. The second-order valence-corrected chi connectivity index (χ2v) is 8.12. The van der Waals surface area contributed by atoms with Gasteiger partial charge in [-0.25, -0.2) is 26.7 Å². The summed E-state index contributed by atoms with van der Waals surface area (Å²) in [4.78, 5) is 25.2. The Morgan fingerprint density at radius 2 is 1.54 bits per heavy atom. The summed E-state index contributed by atoms with van der Waals surface area (Å²) in [5.74, 6) is -12.8. The molecule has 0 fully saturated rings. The zero-order valence-corrected chi connectivity index (χ0v) is 18.9. The monoisotopic (exact) mass is 515 g/mol. The van der Waals surface area contributed by atoms with Crippen LogP contribution in [0.25, 0.3) is 6.08 Å². The summed E-state index contributed by atoms with van der Waals surface area (Å²) >= 11 is 0. The number of benzene rings is 3. The minimum absolute atomic E-state index is 0.0189. The van der Waals surface area contributed by atoms with Crippen LogP contribution < -0.4 is 10.2 Å². The zero-order valence-electron chi connectivity index (χ0n) is 18.9. The molecule has 0 radical (unpaired) electrons. The molecule has 190 valence electrons. The molecule has 0 saturated heterocycles. The Hall–Kier alpha value is -4.54. The van der Waals surface area contributed by atoms with Gasteiger partial charge in [0.25, 0.3) is 5.91 Å². The number of carbonyl (C=O) groups excluding carboxylic acids is 1. The van der Waals surface area contributed by atoms with E-state index in [1.807, 2.05) is 0 Å². The van der Waals surface area contributed by atoms with Crippen LogP contribution in [0.3, 0.4) is 0 Å². The molecule has 0 saturated carbocycles. The van der Waals surface area contributed by atoms with Gasteiger partial charge in [-0.1, -0.05) is 24.3 Å². The number of carbonyl (C=O) groups is 2. The standard InChI is InChI=1S/C26H18F5N3O3/c27-18-19(28)21(30)24(22(31)20(18)29)34-10-4-5-14-11-13(8-9-17(14)34)12-16(23(32)26(36)37)25(35)33-15-6-2-1-3-7-15/h1-3,6-9,11-12,32H,4-5,10H2,(H,33,35)(H,36,37)/b16-12-,32-23?. The predicted molar refractivity (Wildman–Crippen MR) is 126 cm³/mol. The number of halogens is 5. The van der Waals surface area contributed by atoms with Crippen LogP contribution >= 0.6 is 0 Å². The second kappa shape index (κ2) is 10.2. The van der Waals surface area contributed by atoms with Gasteiger partial charge < -0.3 is 15.3 Å². The maximum Gasteiger partial charge on any atom is 0.354 e. The molecule has 0 atom stereocenters. The molecular weight excluding hydrogens is 497 g/mol. The van der Waals surface area contributed by atoms with Crippen LogP contribution in [0.5, 0.6) is 0 Å². The Morgan fingerprint density at radius 1 is 0.919 bits per heavy atom. The molecule has 0 unspecified atom stereocenters. The van der Waals surface area contributed by atoms with Gasteiger partial charge in [-0.2, -0.15) is 0 Å². The third-order valence-electron chi connectivity index (χ3n) is 5.75. The summed E-state index contributed by atoms with van der Waals surface area (Å²) in [6.07, 6.45) is 1.86. The van der Waals surface area contributed by atoms with Gasteiger partial charge in [0.2, 0.25) is 5.82 Å². The lowest BCUT2D eigenvalue weighted by Gasteiger charge is -2.32. The van der Waals surface area contributed by atoms with Crippen LogP contribution in [0.2, 0.25) is 0 Å². The number of hydrogen-bond donors (Lipinski definition) is 3. The van der Waals surface area contributed by atoms with Crippen molar-refractivity contribution in [2.75, 3.05) is 16.8 Å². The summed E-state index contributed by atoms with van der Waals surface area (Å²) in [7, 11) is 0. The lowest BCUT2D eigenvalue weighted by Crippen LogP contribution is -2.27. The SMILES string of the molecule is N=C(C(=O)O)/C(=C/c1ccc2c(c1)CCCN2c1c(F)c(F)c(F)c(F)c1F)C(=O)Nc1ccccc1. The van der Waals surface area contributed by atoms with E-state index < -0.39 is 57.9 Å². The summed E-state index contributed by atoms with van der Waals surface area (Å²) in [6, 6.07) is 12.4. The first-order valence-electron chi connectivity index (χ1n) is 10.9. The summed E-state index contributed by atoms with van der Waals surface area (Å²) < 4.78 is 70.1. The average Bonchev–Trinajstić information content (AvgIpc) is 2.89. The quantitative estimate of drug-likeness (QED) is 0.131. The number of amides is 1. The Kier molecular flexibility index (Phi) is 7.05. The van der Waals surface area contributed by atoms with Gasteiger partial charge in [0, 0.05) is 17.9 Å². The molecule has 1 aliphatic heterocycles. The molecule has 4 rings (SSSR count). The molecule has 1 heterocycles. The zero-order chi connectivity index (χ0) is 26.9. The molecule has 1 aliphatic rings. The number of anilines is 3. The van der Waals surface area contributed by atoms with Crippen LogP contribution in [0, 0.1) is 34.5 Å². The number of nitrogens with one attached hydrogen (secondary N) is 2. The molecule has 0 aliphatic carbocycles. The minimum Gasteiger partial charge on any atom is -0.477 e. The molecular formula is C26H18F5N3O3. The van der Waals surface area contributed by atoms with Crippen LogP contribution in [0.1, 0.15) is 17.5 Å². The highest BCUT2D eigenvalue weighted by atomic mass is 19.2. The van der Waals surface area contributed by atoms with Gasteiger partial charge in [-0.05, 0) is 54.3 Å². The second-order valence-electron chi connectivity index (χ2n) is 8.12. The smallest absolute Gasteiger partial charge is 0.354 e. The normalized spacial score (nSPS) is 13.2. The molecule has 0 aromatic heterocycles. The third kappa shape index (κ3) is 4.92. The van der Waals surface area contributed by atoms with Crippen LogP contribution in [0.4, 0.5) is 39.0 Å². The highest BCUT2D eigenvalue weighted by molar-refractivity contribution is 6.50. The number of nitrogens with zero attached hydrogens (tertiary/aromatic N) is 1. The first-order chi connectivity index (χ1) is 17.6. The number of carboxylic acid groups (broad SMARTS) is 1. The molecule has 3 N–H and O–H groups in total. The van der Waals surface area contributed by atoms with Gasteiger partial charge in [0.05, 0.1) is 5.57 Å². The number of aliphatic carboxylic acids is 1. The molecule has 1 amide bonds. The van der Waals surface area contributed by atoms with Crippen molar-refractivity contribution in [2.24, 2.45) is 0 Å². The van der Waals surface area contributed by atoms with Crippen molar-refractivity contribution in [1.82, 2.24) is 0 Å². The third-order valence-corrected chi connectivity index (χ3v) is 5.75. The molecule has 0 bridgehead atoms. The predicted octanol–water partition coefficient (Wildman–Crippen LogP) is 5.59. The minimum atomic E-state index is -2.25. The highest BCUT2D eigenvalue weighted by Crippen LogP contribution is 2.39. The fraction of sp³-hybridized carbons (Fsp3) is 0.115. The van der Waals surface area contributed by atoms with Crippen LogP contribution in [0.15, 0.2) is 54.1 Å². The van der Waals surface area contributed by atoms with E-state index in [0.717, 1.165) is 4.90 Å².